The summed E-state index contributed by atoms with van der Waals surface area (Å²) < 4.78 is 73.0. The average Bonchev–Trinajstić information content (AvgIpc) is 3.34. The van der Waals surface area contributed by atoms with Crippen LogP contribution < -0.4 is 15.4 Å². The predicted molar refractivity (Wildman–Crippen MR) is 156 cm³/mol. The number of aromatic nitrogens is 2. The zero-order valence-corrected chi connectivity index (χ0v) is 24.5. The van der Waals surface area contributed by atoms with E-state index >= 15 is 0 Å². The van der Waals surface area contributed by atoms with Crippen LogP contribution in [0, 0.1) is 5.92 Å². The number of nitrogens with zero attached hydrogens (tertiary/aromatic N) is 4. The summed E-state index contributed by atoms with van der Waals surface area (Å²) in [7, 11) is 1.30. The molecule has 1 saturated carbocycles. The first-order valence-electron chi connectivity index (χ1n) is 13.6. The largest absolute Gasteiger partial charge is 0.494 e. The quantitative estimate of drug-likeness (QED) is 0.410. The molecule has 0 radical (unpaired) electrons. The van der Waals surface area contributed by atoms with Crippen molar-refractivity contribution in [3.63, 3.8) is 0 Å². The van der Waals surface area contributed by atoms with E-state index in [1.807, 2.05) is 11.9 Å². The van der Waals surface area contributed by atoms with Gasteiger partial charge in [-0.2, -0.15) is 13.2 Å². The van der Waals surface area contributed by atoms with Gasteiger partial charge >= 0.3 is 6.18 Å². The van der Waals surface area contributed by atoms with Gasteiger partial charge in [0.15, 0.2) is 0 Å². The van der Waals surface area contributed by atoms with Crippen molar-refractivity contribution in [3.8, 4) is 5.75 Å². The molecule has 10 nitrogen and oxygen atoms in total. The fourth-order valence-electron chi connectivity index (χ4n) is 5.73. The minimum Gasteiger partial charge on any atom is -0.494 e. The smallest absolute Gasteiger partial charge is 0.419 e. The highest BCUT2D eigenvalue weighted by molar-refractivity contribution is 7.88. The lowest BCUT2D eigenvalue weighted by atomic mass is 9.81. The van der Waals surface area contributed by atoms with Crippen LogP contribution in [-0.4, -0.2) is 79.6 Å². The van der Waals surface area contributed by atoms with Crippen molar-refractivity contribution >= 4 is 33.3 Å². The number of carbonyl (C=O) groups excluding carboxylic acids is 1. The topological polar surface area (TPSA) is 117 Å². The molecule has 0 bridgehead atoms. The van der Waals surface area contributed by atoms with Crippen LogP contribution in [0.5, 0.6) is 5.75 Å². The number of benzene rings is 1. The fraction of sp³-hybridized carbons (Fsp3) is 0.607. The second-order valence-electron chi connectivity index (χ2n) is 10.8. The number of hydrogen-bond donors (Lipinski definition) is 2. The molecule has 2 aliphatic rings. The van der Waals surface area contributed by atoms with E-state index < -0.39 is 27.8 Å². The number of methoxy groups -OCH3 is 1. The van der Waals surface area contributed by atoms with Gasteiger partial charge < -0.3 is 15.4 Å². The summed E-state index contributed by atoms with van der Waals surface area (Å²) in [6.45, 7) is 0.856. The molecule has 1 aromatic carbocycles. The number of carbonyl (C=O) groups is 1. The molecule has 1 aromatic heterocycles. The summed E-state index contributed by atoms with van der Waals surface area (Å²) in [5, 5.41) is 5.83. The summed E-state index contributed by atoms with van der Waals surface area (Å²) in [5.41, 5.74) is -0.222. The normalized spacial score (nSPS) is 21.6. The van der Waals surface area contributed by atoms with Gasteiger partial charge in [0.25, 0.3) is 0 Å². The van der Waals surface area contributed by atoms with Crippen LogP contribution in [0.2, 0.25) is 0 Å². The third kappa shape index (κ3) is 7.90. The Balaban J connectivity index is 0.00000484. The Bertz CT molecular complexity index is 1360. The number of sulfonamides is 1. The van der Waals surface area contributed by atoms with E-state index in [1.54, 1.807) is 18.2 Å². The van der Waals surface area contributed by atoms with Crippen molar-refractivity contribution in [3.05, 3.63) is 35.7 Å². The van der Waals surface area contributed by atoms with Gasteiger partial charge in [-0.05, 0) is 63.7 Å². The second-order valence-corrected chi connectivity index (χ2v) is 12.9. The molecule has 0 unspecified atom stereocenters. The molecule has 14 heteroatoms. The van der Waals surface area contributed by atoms with Gasteiger partial charge in [-0.1, -0.05) is 20.3 Å². The number of nitrogens with one attached hydrogen (secondary N) is 2. The van der Waals surface area contributed by atoms with Crippen molar-refractivity contribution in [1.82, 2.24) is 19.2 Å². The molecule has 4 rings (SSSR count). The molecule has 234 valence electrons. The molecule has 1 amide bonds. The minimum absolute atomic E-state index is 0. The Morgan fingerprint density at radius 1 is 1.19 bits per heavy atom. The molecule has 2 N–H and O–H groups in total. The molecule has 2 fully saturated rings. The van der Waals surface area contributed by atoms with Crippen LogP contribution in [-0.2, 0) is 27.4 Å². The predicted octanol–water partition coefficient (Wildman–Crippen LogP) is 4.91. The number of amides is 1. The zero-order valence-electron chi connectivity index (χ0n) is 23.7. The minimum atomic E-state index is -4.67. The Hall–Kier alpha value is -2.97. The maximum absolute atomic E-state index is 13.9. The Labute approximate surface area is 246 Å². The highest BCUT2D eigenvalue weighted by atomic mass is 32.2. The van der Waals surface area contributed by atoms with E-state index in [1.165, 1.54) is 18.5 Å². The monoisotopic (exact) mass is 614 g/mol. The van der Waals surface area contributed by atoms with E-state index in [0.29, 0.717) is 30.0 Å². The lowest BCUT2D eigenvalue weighted by Gasteiger charge is -2.37. The van der Waals surface area contributed by atoms with Crippen LogP contribution >= 0.6 is 0 Å². The van der Waals surface area contributed by atoms with Crippen molar-refractivity contribution in [1.29, 1.82) is 0 Å². The van der Waals surface area contributed by atoms with Gasteiger partial charge in [-0.3, -0.25) is 9.69 Å². The highest BCUT2D eigenvalue weighted by Crippen LogP contribution is 2.37. The number of halogens is 3. The molecule has 1 aliphatic heterocycles. The van der Waals surface area contributed by atoms with Gasteiger partial charge in [0.2, 0.25) is 21.9 Å². The van der Waals surface area contributed by atoms with Crippen LogP contribution in [0.15, 0.2) is 24.4 Å². The molecule has 2 aromatic rings. The average molecular weight is 615 g/mol. The van der Waals surface area contributed by atoms with Gasteiger partial charge in [0, 0.05) is 31.0 Å². The lowest BCUT2D eigenvalue weighted by Crippen LogP contribution is -2.44. The number of anilines is 3. The standard InChI is InChI=1S/C27H37F3N6O4S.CH4/c1-35-13-7-10-23(35)25(37)32-18-11-12-20(24(15-18)40-3)33-26-31-16-19(27(28,29)30)21(34-26)14-17-8-5-6-9-22(17)36(2)41(4,38)39;/h11-12,15-17,22-23H,5-10,13-14H2,1-4H3,(H,32,37)(H,31,33,34);1H4/t17-,22+,23+;/m0./s1. The number of likely N-dealkylation sites (tertiary alicyclic amines) is 1. The number of hydrogen-bond acceptors (Lipinski definition) is 8. The van der Waals surface area contributed by atoms with Gasteiger partial charge in [0.05, 0.1) is 36.4 Å². The van der Waals surface area contributed by atoms with Crippen LogP contribution in [0.25, 0.3) is 0 Å². The van der Waals surface area contributed by atoms with Crippen molar-refractivity contribution in [2.75, 3.05) is 44.6 Å². The second kappa shape index (κ2) is 13.6. The fourth-order valence-corrected chi connectivity index (χ4v) is 6.50. The molecule has 2 heterocycles. The van der Waals surface area contributed by atoms with E-state index in [-0.39, 0.29) is 43.4 Å². The van der Waals surface area contributed by atoms with Crippen molar-refractivity contribution < 1.29 is 31.1 Å². The first kappa shape index (κ1) is 33.5. The molecule has 42 heavy (non-hydrogen) atoms. The van der Waals surface area contributed by atoms with Crippen LogP contribution in [0.4, 0.5) is 30.5 Å². The van der Waals surface area contributed by atoms with Crippen LogP contribution in [0.3, 0.4) is 0 Å². The summed E-state index contributed by atoms with van der Waals surface area (Å²) in [5.74, 6) is -0.163. The Morgan fingerprint density at radius 3 is 2.52 bits per heavy atom. The van der Waals surface area contributed by atoms with Crippen molar-refractivity contribution in [2.24, 2.45) is 5.92 Å². The Kier molecular flexibility index (Phi) is 10.8. The molecule has 0 spiro atoms. The first-order chi connectivity index (χ1) is 19.3. The summed E-state index contributed by atoms with van der Waals surface area (Å²) in [6.07, 6.45) is 1.62. The third-order valence-electron chi connectivity index (χ3n) is 8.03. The molecular weight excluding hydrogens is 573 g/mol. The van der Waals surface area contributed by atoms with E-state index in [0.717, 1.165) is 44.7 Å². The molecular formula is C28H41F3N6O4S. The number of likely N-dealkylation sites (N-methyl/N-ethyl adjacent to an activating group) is 1. The third-order valence-corrected chi connectivity index (χ3v) is 9.34. The van der Waals surface area contributed by atoms with E-state index in [4.69, 9.17) is 4.74 Å². The Morgan fingerprint density at radius 2 is 1.90 bits per heavy atom. The lowest BCUT2D eigenvalue weighted by molar-refractivity contribution is -0.138. The SMILES string of the molecule is C.COc1cc(NC(=O)[C@H]2CCCN2C)ccc1Nc1ncc(C(F)(F)F)c(C[C@@H]2CCCC[C@H]2N(C)S(C)(=O)=O)n1. The maximum Gasteiger partial charge on any atom is 0.419 e. The number of alkyl halides is 3. The summed E-state index contributed by atoms with van der Waals surface area (Å²) >= 11 is 0. The number of rotatable bonds is 9. The number of ether oxygens (including phenoxy) is 1. The van der Waals surface area contributed by atoms with Gasteiger partial charge in [0.1, 0.15) is 5.75 Å². The van der Waals surface area contributed by atoms with Crippen LogP contribution in [0.1, 0.15) is 57.2 Å². The summed E-state index contributed by atoms with van der Waals surface area (Å²) in [4.78, 5) is 22.8. The highest BCUT2D eigenvalue weighted by Gasteiger charge is 2.38. The van der Waals surface area contributed by atoms with E-state index in [9.17, 15) is 26.4 Å². The first-order valence-corrected chi connectivity index (χ1v) is 15.4. The van der Waals surface area contributed by atoms with Crippen molar-refractivity contribution in [2.45, 2.75) is 70.6 Å². The molecule has 3 atom stereocenters. The van der Waals surface area contributed by atoms with E-state index in [2.05, 4.69) is 20.6 Å². The zero-order chi connectivity index (χ0) is 29.9. The maximum atomic E-state index is 13.9. The molecule has 1 saturated heterocycles. The van der Waals surface area contributed by atoms with Gasteiger partial charge in [-0.25, -0.2) is 22.7 Å². The molecule has 1 aliphatic carbocycles. The summed E-state index contributed by atoms with van der Waals surface area (Å²) in [6, 6.07) is 4.28. The van der Waals surface area contributed by atoms with Gasteiger partial charge in [-0.15, -0.1) is 0 Å².